The molecule has 6 nitrogen and oxygen atoms in total. The van der Waals surface area contributed by atoms with Crippen molar-refractivity contribution < 1.29 is 12.9 Å². The monoisotopic (exact) mass is 373 g/mol. The number of rotatable bonds is 5. The summed E-state index contributed by atoms with van der Waals surface area (Å²) in [6.07, 6.45) is 6.02. The second kappa shape index (κ2) is 7.47. The van der Waals surface area contributed by atoms with Crippen molar-refractivity contribution in [2.45, 2.75) is 18.2 Å². The Morgan fingerprint density at radius 1 is 1.23 bits per heavy atom. The first-order valence-electron chi connectivity index (χ1n) is 8.45. The second-order valence-corrected chi connectivity index (χ2v) is 8.32. The van der Waals surface area contributed by atoms with Crippen LogP contribution in [0.2, 0.25) is 0 Å². The first kappa shape index (κ1) is 18.4. The predicted molar refractivity (Wildman–Crippen MR) is 102 cm³/mol. The van der Waals surface area contributed by atoms with Gasteiger partial charge in [0, 0.05) is 39.5 Å². The molecule has 1 aliphatic heterocycles. The molecule has 0 aliphatic carbocycles. The number of sulfonamides is 1. The van der Waals surface area contributed by atoms with E-state index in [1.165, 1.54) is 9.88 Å². The van der Waals surface area contributed by atoms with Gasteiger partial charge in [0.25, 0.3) is 0 Å². The maximum absolute atomic E-state index is 13.1. The Balaban J connectivity index is 1.87. The Hall–Kier alpha value is -2.38. The minimum atomic E-state index is -3.67. The van der Waals surface area contributed by atoms with Crippen molar-refractivity contribution in [3.05, 3.63) is 59.6 Å². The summed E-state index contributed by atoms with van der Waals surface area (Å²) in [4.78, 5) is 1.96. The van der Waals surface area contributed by atoms with Crippen LogP contribution in [-0.2, 0) is 10.0 Å². The molecular formula is C19H23N3O3S. The third-order valence-corrected chi connectivity index (χ3v) is 6.30. The van der Waals surface area contributed by atoms with Gasteiger partial charge in [0.05, 0.1) is 0 Å². The fourth-order valence-corrected chi connectivity index (χ4v) is 4.56. The van der Waals surface area contributed by atoms with Gasteiger partial charge in [-0.15, -0.1) is 0 Å². The lowest BCUT2D eigenvalue weighted by Gasteiger charge is -2.25. The number of benzene rings is 1. The van der Waals surface area contributed by atoms with Crippen LogP contribution >= 0.6 is 0 Å². The average Bonchev–Trinajstić information content (AvgIpc) is 3.02. The largest absolute Gasteiger partial charge is 0.383 e. The minimum Gasteiger partial charge on any atom is -0.383 e. The Bertz CT molecular complexity index is 928. The van der Waals surface area contributed by atoms with Gasteiger partial charge in [-0.25, -0.2) is 8.42 Å². The highest BCUT2D eigenvalue weighted by atomic mass is 32.2. The molecular weight excluding hydrogens is 350 g/mol. The quantitative estimate of drug-likeness (QED) is 0.806. The molecule has 2 heterocycles. The molecule has 0 amide bonds. The molecule has 3 rings (SSSR count). The Morgan fingerprint density at radius 3 is 2.58 bits per heavy atom. The normalized spacial score (nSPS) is 16.0. The minimum absolute atomic E-state index is 0.146. The first-order chi connectivity index (χ1) is 12.4. The highest BCUT2D eigenvalue weighted by Crippen LogP contribution is 2.29. The van der Waals surface area contributed by atoms with Gasteiger partial charge in [-0.2, -0.15) is 4.31 Å². The van der Waals surface area contributed by atoms with Crippen LogP contribution in [0, 0.1) is 6.92 Å². The number of aromatic nitrogens is 1. The second-order valence-electron chi connectivity index (χ2n) is 6.45. The van der Waals surface area contributed by atoms with Gasteiger partial charge in [0.2, 0.25) is 10.0 Å². The van der Waals surface area contributed by atoms with Crippen LogP contribution in [0.4, 0.5) is 0 Å². The summed E-state index contributed by atoms with van der Waals surface area (Å²) in [5.41, 5.74) is 2.69. The summed E-state index contributed by atoms with van der Waals surface area (Å²) in [5, 5.41) is 3.85. The van der Waals surface area contributed by atoms with Crippen molar-refractivity contribution >= 4 is 21.7 Å². The van der Waals surface area contributed by atoms with E-state index in [0.717, 1.165) is 5.56 Å². The molecule has 2 aromatic rings. The van der Waals surface area contributed by atoms with Crippen LogP contribution in [-0.4, -0.2) is 50.0 Å². The zero-order valence-corrected chi connectivity index (χ0v) is 16.0. The summed E-state index contributed by atoms with van der Waals surface area (Å²) >= 11 is 0. The van der Waals surface area contributed by atoms with E-state index in [1.807, 2.05) is 55.4 Å². The van der Waals surface area contributed by atoms with E-state index < -0.39 is 10.0 Å². The lowest BCUT2D eigenvalue weighted by atomic mass is 10.0. The average molecular weight is 373 g/mol. The zero-order valence-electron chi connectivity index (χ0n) is 15.2. The number of nitrogens with zero attached hydrogens (tertiary/aromatic N) is 3. The topological polar surface area (TPSA) is 66.7 Å². The predicted octanol–water partition coefficient (Wildman–Crippen LogP) is 2.99. The molecule has 26 heavy (non-hydrogen) atoms. The van der Waals surface area contributed by atoms with E-state index >= 15 is 0 Å². The smallest absolute Gasteiger partial charge is 0.249 e. The van der Waals surface area contributed by atoms with Crippen molar-refractivity contribution in [3.63, 3.8) is 0 Å². The Labute approximate surface area is 154 Å². The van der Waals surface area contributed by atoms with Gasteiger partial charge in [0.15, 0.2) is 10.7 Å². The maximum Gasteiger partial charge on any atom is 0.249 e. The van der Waals surface area contributed by atoms with Crippen LogP contribution in [0.1, 0.15) is 23.4 Å². The third kappa shape index (κ3) is 3.73. The van der Waals surface area contributed by atoms with Crippen molar-refractivity contribution in [1.82, 2.24) is 14.4 Å². The van der Waals surface area contributed by atoms with Crippen molar-refractivity contribution in [1.29, 1.82) is 0 Å². The number of hydrogen-bond donors (Lipinski definition) is 0. The fourth-order valence-electron chi connectivity index (χ4n) is 2.93. The van der Waals surface area contributed by atoms with Crippen LogP contribution in [0.15, 0.2) is 52.0 Å². The van der Waals surface area contributed by atoms with Gasteiger partial charge in [-0.1, -0.05) is 41.6 Å². The molecule has 1 aromatic carbocycles. The summed E-state index contributed by atoms with van der Waals surface area (Å²) in [5.74, 6) is 0.258. The summed E-state index contributed by atoms with van der Waals surface area (Å²) in [6.45, 7) is 2.43. The lowest BCUT2D eigenvalue weighted by molar-refractivity contribution is 0.403. The molecule has 0 unspecified atom stereocenters. The first-order valence-corrected chi connectivity index (χ1v) is 9.89. The van der Waals surface area contributed by atoms with Crippen molar-refractivity contribution in [3.8, 4) is 0 Å². The van der Waals surface area contributed by atoms with E-state index in [0.29, 0.717) is 25.2 Å². The van der Waals surface area contributed by atoms with Gasteiger partial charge in [-0.3, -0.25) is 0 Å². The van der Waals surface area contributed by atoms with E-state index in [2.05, 4.69) is 5.16 Å². The van der Waals surface area contributed by atoms with Crippen LogP contribution < -0.4 is 0 Å². The van der Waals surface area contributed by atoms with Gasteiger partial charge < -0.3 is 9.42 Å². The SMILES string of the molecule is Cc1noc(/C=C/N(C)C)c1S(=O)(=O)N1CC=C(c2ccccc2)CC1. The zero-order chi connectivity index (χ0) is 18.7. The molecule has 0 saturated carbocycles. The summed E-state index contributed by atoms with van der Waals surface area (Å²) in [6, 6.07) is 10.0. The summed E-state index contributed by atoms with van der Waals surface area (Å²) in [7, 11) is 0.0404. The van der Waals surface area contributed by atoms with Crippen LogP contribution in [0.5, 0.6) is 0 Å². The molecule has 138 valence electrons. The molecule has 0 fully saturated rings. The summed E-state index contributed by atoms with van der Waals surface area (Å²) < 4.78 is 33.0. The maximum atomic E-state index is 13.1. The Kier molecular flexibility index (Phi) is 5.29. The molecule has 0 spiro atoms. The molecule has 0 radical (unpaired) electrons. The van der Waals surface area contributed by atoms with Gasteiger partial charge in [0.1, 0.15) is 5.69 Å². The Morgan fingerprint density at radius 2 is 1.96 bits per heavy atom. The molecule has 1 aliphatic rings. The van der Waals surface area contributed by atoms with Crippen LogP contribution in [0.3, 0.4) is 0 Å². The van der Waals surface area contributed by atoms with E-state index in [4.69, 9.17) is 4.52 Å². The lowest BCUT2D eigenvalue weighted by Crippen LogP contribution is -2.35. The molecule has 7 heteroatoms. The van der Waals surface area contributed by atoms with E-state index in [9.17, 15) is 8.42 Å². The molecule has 0 bridgehead atoms. The van der Waals surface area contributed by atoms with E-state index in [1.54, 1.807) is 19.2 Å². The highest BCUT2D eigenvalue weighted by molar-refractivity contribution is 7.89. The number of aryl methyl sites for hydroxylation is 1. The number of hydrogen-bond acceptors (Lipinski definition) is 5. The van der Waals surface area contributed by atoms with Gasteiger partial charge >= 0.3 is 0 Å². The van der Waals surface area contributed by atoms with E-state index in [-0.39, 0.29) is 10.7 Å². The van der Waals surface area contributed by atoms with Crippen LogP contribution in [0.25, 0.3) is 11.6 Å². The van der Waals surface area contributed by atoms with Crippen molar-refractivity contribution in [2.24, 2.45) is 0 Å². The standard InChI is InChI=1S/C19H23N3O3S/c1-15-19(18(25-20-15)11-12-21(2)3)26(23,24)22-13-9-17(10-14-22)16-7-5-4-6-8-16/h4-9,11-12H,10,13-14H2,1-3H3/b12-11+. The molecule has 1 aromatic heterocycles. The van der Waals surface area contributed by atoms with Crippen molar-refractivity contribution in [2.75, 3.05) is 27.2 Å². The third-order valence-electron chi connectivity index (χ3n) is 4.27. The molecule has 0 saturated heterocycles. The molecule has 0 N–H and O–H groups in total. The molecule has 0 atom stereocenters. The highest BCUT2D eigenvalue weighted by Gasteiger charge is 2.32. The van der Waals surface area contributed by atoms with Gasteiger partial charge in [-0.05, 0) is 24.5 Å². The fraction of sp³-hybridized carbons (Fsp3) is 0.316.